The van der Waals surface area contributed by atoms with Crippen LogP contribution in [-0.2, 0) is 0 Å². The molecule has 1 heterocycles. The van der Waals surface area contributed by atoms with E-state index in [1.165, 1.54) is 18.3 Å². The van der Waals surface area contributed by atoms with E-state index in [4.69, 9.17) is 0 Å². The van der Waals surface area contributed by atoms with Crippen LogP contribution in [0.5, 0.6) is 0 Å². The average molecular weight is 442 g/mol. The van der Waals surface area contributed by atoms with E-state index in [9.17, 15) is 22.8 Å². The maximum Gasteiger partial charge on any atom is 0.405 e. The van der Waals surface area contributed by atoms with Crippen molar-refractivity contribution in [2.75, 3.05) is 11.9 Å². The van der Waals surface area contributed by atoms with E-state index in [0.29, 0.717) is 16.8 Å². The fourth-order valence-electron chi connectivity index (χ4n) is 3.43. The molecule has 4 rings (SSSR count). The molecule has 32 heavy (non-hydrogen) atoms. The predicted molar refractivity (Wildman–Crippen MR) is 113 cm³/mol. The lowest BCUT2D eigenvalue weighted by Crippen LogP contribution is -2.33. The van der Waals surface area contributed by atoms with Gasteiger partial charge in [0.15, 0.2) is 0 Å². The number of halogens is 3. The number of rotatable bonds is 6. The molecule has 1 saturated carbocycles. The Hall–Kier alpha value is -3.62. The Labute approximate surface area is 182 Å². The molecule has 3 aromatic rings. The minimum Gasteiger partial charge on any atom is -0.343 e. The fraction of sp³-hybridized carbons (Fsp3) is 0.261. The van der Waals surface area contributed by atoms with Gasteiger partial charge in [-0.25, -0.2) is 4.68 Å². The van der Waals surface area contributed by atoms with E-state index in [1.54, 1.807) is 17.7 Å². The first kappa shape index (κ1) is 21.6. The first-order chi connectivity index (χ1) is 15.2. The number of nitrogens with one attached hydrogen (secondary N) is 2. The Balaban J connectivity index is 1.57. The normalized spacial score (nSPS) is 13.6. The third kappa shape index (κ3) is 4.82. The number of benzene rings is 2. The van der Waals surface area contributed by atoms with Crippen LogP contribution in [0.1, 0.15) is 50.7 Å². The maximum atomic E-state index is 13.1. The second-order valence-corrected chi connectivity index (χ2v) is 7.75. The number of hydrogen-bond acceptors (Lipinski definition) is 3. The van der Waals surface area contributed by atoms with Crippen molar-refractivity contribution in [2.45, 2.75) is 31.9 Å². The van der Waals surface area contributed by atoms with Gasteiger partial charge in [0.1, 0.15) is 6.54 Å². The molecule has 1 aliphatic rings. The number of amides is 2. The first-order valence-corrected chi connectivity index (χ1v) is 10.1. The number of carbonyl (C=O) groups excluding carboxylic acids is 2. The average Bonchev–Trinajstić information content (AvgIpc) is 3.51. The summed E-state index contributed by atoms with van der Waals surface area (Å²) < 4.78 is 38.9. The van der Waals surface area contributed by atoms with Crippen molar-refractivity contribution in [1.82, 2.24) is 15.1 Å². The van der Waals surface area contributed by atoms with Crippen molar-refractivity contribution in [1.29, 1.82) is 0 Å². The molecular weight excluding hydrogens is 421 g/mol. The maximum absolute atomic E-state index is 13.1. The van der Waals surface area contributed by atoms with Gasteiger partial charge in [-0.05, 0) is 49.6 Å². The lowest BCUT2D eigenvalue weighted by atomic mass is 10.1. The van der Waals surface area contributed by atoms with Crippen molar-refractivity contribution in [3.63, 3.8) is 0 Å². The fourth-order valence-corrected chi connectivity index (χ4v) is 3.43. The van der Waals surface area contributed by atoms with Gasteiger partial charge >= 0.3 is 6.18 Å². The van der Waals surface area contributed by atoms with Gasteiger partial charge in [0.2, 0.25) is 0 Å². The second kappa shape index (κ2) is 8.49. The minimum atomic E-state index is -4.50. The van der Waals surface area contributed by atoms with Crippen LogP contribution in [0, 0.1) is 6.92 Å². The number of aromatic nitrogens is 2. The molecule has 2 N–H and O–H groups in total. The number of hydrogen-bond donors (Lipinski definition) is 2. The SMILES string of the molecule is Cc1ccc(C(=O)NCC(F)(F)F)cc1NC(=O)c1cnn(-c2ccccc2)c1C1CC1. The molecule has 2 aromatic carbocycles. The molecule has 0 spiro atoms. The molecule has 0 unspecified atom stereocenters. The lowest BCUT2D eigenvalue weighted by Gasteiger charge is -2.13. The van der Waals surface area contributed by atoms with Crippen LogP contribution >= 0.6 is 0 Å². The summed E-state index contributed by atoms with van der Waals surface area (Å²) in [5.41, 5.74) is 3.16. The van der Waals surface area contributed by atoms with Gasteiger partial charge in [0, 0.05) is 17.2 Å². The van der Waals surface area contributed by atoms with Crippen molar-refractivity contribution in [3.8, 4) is 5.69 Å². The Morgan fingerprint density at radius 3 is 2.47 bits per heavy atom. The highest BCUT2D eigenvalue weighted by Crippen LogP contribution is 2.42. The number of nitrogens with zero attached hydrogens (tertiary/aromatic N) is 2. The van der Waals surface area contributed by atoms with Gasteiger partial charge in [0.05, 0.1) is 23.1 Å². The van der Waals surface area contributed by atoms with Gasteiger partial charge in [-0.15, -0.1) is 0 Å². The minimum absolute atomic E-state index is 0.0255. The molecule has 1 fully saturated rings. The molecule has 166 valence electrons. The number of carbonyl (C=O) groups is 2. The molecule has 0 saturated heterocycles. The molecular formula is C23H21F3N4O2. The van der Waals surface area contributed by atoms with Gasteiger partial charge in [-0.2, -0.15) is 18.3 Å². The van der Waals surface area contributed by atoms with Crippen molar-refractivity contribution in [2.24, 2.45) is 0 Å². The molecule has 0 atom stereocenters. The van der Waals surface area contributed by atoms with Crippen LogP contribution in [0.25, 0.3) is 5.69 Å². The number of alkyl halides is 3. The van der Waals surface area contributed by atoms with Gasteiger partial charge < -0.3 is 10.6 Å². The molecule has 6 nitrogen and oxygen atoms in total. The topological polar surface area (TPSA) is 76.0 Å². The summed E-state index contributed by atoms with van der Waals surface area (Å²) in [6.45, 7) is 0.313. The van der Waals surface area contributed by atoms with E-state index in [2.05, 4.69) is 10.4 Å². The first-order valence-electron chi connectivity index (χ1n) is 10.1. The van der Waals surface area contributed by atoms with Gasteiger partial charge in [-0.3, -0.25) is 9.59 Å². The molecule has 1 aromatic heterocycles. The number of para-hydroxylation sites is 1. The van der Waals surface area contributed by atoms with Crippen LogP contribution in [-0.4, -0.2) is 34.3 Å². The summed E-state index contributed by atoms with van der Waals surface area (Å²) in [7, 11) is 0. The lowest BCUT2D eigenvalue weighted by molar-refractivity contribution is -0.123. The second-order valence-electron chi connectivity index (χ2n) is 7.75. The highest BCUT2D eigenvalue weighted by atomic mass is 19.4. The zero-order chi connectivity index (χ0) is 22.9. The number of aryl methyl sites for hydroxylation is 1. The summed E-state index contributed by atoms with van der Waals surface area (Å²) in [6.07, 6.45) is -1.06. The van der Waals surface area contributed by atoms with E-state index in [0.717, 1.165) is 24.2 Å². The largest absolute Gasteiger partial charge is 0.405 e. The quantitative estimate of drug-likeness (QED) is 0.586. The third-order valence-corrected chi connectivity index (χ3v) is 5.21. The Kier molecular flexibility index (Phi) is 5.73. The molecule has 0 radical (unpaired) electrons. The van der Waals surface area contributed by atoms with Crippen LogP contribution in [0.15, 0.2) is 54.7 Å². The van der Waals surface area contributed by atoms with Crippen molar-refractivity contribution < 1.29 is 22.8 Å². The summed E-state index contributed by atoms with van der Waals surface area (Å²) >= 11 is 0. The van der Waals surface area contributed by atoms with Gasteiger partial charge in [0.25, 0.3) is 11.8 Å². The van der Waals surface area contributed by atoms with E-state index < -0.39 is 18.6 Å². The smallest absolute Gasteiger partial charge is 0.343 e. The highest BCUT2D eigenvalue weighted by molar-refractivity contribution is 6.06. The van der Waals surface area contributed by atoms with Crippen LogP contribution < -0.4 is 10.6 Å². The molecule has 9 heteroatoms. The van der Waals surface area contributed by atoms with Gasteiger partial charge in [-0.1, -0.05) is 24.3 Å². The summed E-state index contributed by atoms with van der Waals surface area (Å²) in [5, 5.41) is 9.03. The van der Waals surface area contributed by atoms with Crippen LogP contribution in [0.2, 0.25) is 0 Å². The van der Waals surface area contributed by atoms with E-state index >= 15 is 0 Å². The summed E-state index contributed by atoms with van der Waals surface area (Å²) in [5.74, 6) is -1.02. The molecule has 0 aliphatic heterocycles. The monoisotopic (exact) mass is 442 g/mol. The van der Waals surface area contributed by atoms with Crippen LogP contribution in [0.3, 0.4) is 0 Å². The molecule has 2 amide bonds. The highest BCUT2D eigenvalue weighted by Gasteiger charge is 2.33. The third-order valence-electron chi connectivity index (χ3n) is 5.21. The van der Waals surface area contributed by atoms with Crippen molar-refractivity contribution >= 4 is 17.5 Å². The Morgan fingerprint density at radius 1 is 1.09 bits per heavy atom. The predicted octanol–water partition coefficient (Wildman–Crippen LogP) is 4.60. The zero-order valence-electron chi connectivity index (χ0n) is 17.2. The summed E-state index contributed by atoms with van der Waals surface area (Å²) in [6, 6.07) is 13.9. The standard InChI is InChI=1S/C23H21F3N4O2/c1-14-7-8-16(21(31)27-13-23(24,25)26)11-19(14)29-22(32)18-12-28-30(20(18)15-9-10-15)17-5-3-2-4-6-17/h2-8,11-12,15H,9-10,13H2,1H3,(H,27,31)(H,29,32). The van der Waals surface area contributed by atoms with E-state index in [-0.39, 0.29) is 17.4 Å². The van der Waals surface area contributed by atoms with E-state index in [1.807, 2.05) is 35.6 Å². The van der Waals surface area contributed by atoms with Crippen molar-refractivity contribution in [3.05, 3.63) is 77.1 Å². The molecule has 0 bridgehead atoms. The molecule has 1 aliphatic carbocycles. The van der Waals surface area contributed by atoms with Crippen LogP contribution in [0.4, 0.5) is 18.9 Å². The summed E-state index contributed by atoms with van der Waals surface area (Å²) in [4.78, 5) is 25.2. The number of anilines is 1. The zero-order valence-corrected chi connectivity index (χ0v) is 17.2. The Morgan fingerprint density at radius 2 is 1.81 bits per heavy atom. The Bertz CT molecular complexity index is 1150.